The fourth-order valence-electron chi connectivity index (χ4n) is 4.07. The van der Waals surface area contributed by atoms with Gasteiger partial charge in [0, 0.05) is 30.4 Å². The van der Waals surface area contributed by atoms with Crippen molar-refractivity contribution in [3.8, 4) is 21.1 Å². The van der Waals surface area contributed by atoms with Crippen LogP contribution >= 0.6 is 11.3 Å². The van der Waals surface area contributed by atoms with Gasteiger partial charge in [-0.25, -0.2) is 9.78 Å². The highest BCUT2D eigenvalue weighted by Gasteiger charge is 2.15. The SMILES string of the molecule is O=C(On1nnc2ccccc21)c1ccc(-c2nnc(-c3ccc(N4CCCCC4)nc3)s2)cc1. The average Bonchev–Trinajstić information content (AvgIpc) is 3.58. The minimum Gasteiger partial charge on any atom is -0.357 e. The quantitative estimate of drug-likeness (QED) is 0.342. The number of nitrogens with zero attached hydrogens (tertiary/aromatic N) is 7. The van der Waals surface area contributed by atoms with E-state index >= 15 is 0 Å². The standard InChI is InChI=1S/C25H21N7O2S/c33-25(34-32-21-7-3-2-6-20(21)27-30-32)18-10-8-17(9-11-18)23-28-29-24(35-23)19-12-13-22(26-16-19)31-14-4-1-5-15-31/h2-3,6-13,16H,1,4-5,14-15H2. The lowest BCUT2D eigenvalue weighted by Gasteiger charge is -2.27. The number of anilines is 1. The summed E-state index contributed by atoms with van der Waals surface area (Å²) in [7, 11) is 0. The molecule has 4 heterocycles. The van der Waals surface area contributed by atoms with Crippen LogP contribution in [0.5, 0.6) is 0 Å². The van der Waals surface area contributed by atoms with E-state index in [1.807, 2.05) is 36.5 Å². The van der Waals surface area contributed by atoms with Gasteiger partial charge in [-0.2, -0.15) is 0 Å². The summed E-state index contributed by atoms with van der Waals surface area (Å²) in [4.78, 5) is 26.1. The zero-order valence-corrected chi connectivity index (χ0v) is 19.6. The summed E-state index contributed by atoms with van der Waals surface area (Å²) in [6.07, 6.45) is 5.60. The molecule has 174 valence electrons. The van der Waals surface area contributed by atoms with Gasteiger partial charge in [-0.05, 0) is 60.9 Å². The lowest BCUT2D eigenvalue weighted by atomic mass is 10.1. The Bertz CT molecular complexity index is 1470. The van der Waals surface area contributed by atoms with Gasteiger partial charge >= 0.3 is 5.97 Å². The Morgan fingerprint density at radius 2 is 1.57 bits per heavy atom. The highest BCUT2D eigenvalue weighted by atomic mass is 32.1. The van der Waals surface area contributed by atoms with Gasteiger partial charge in [0.25, 0.3) is 0 Å². The number of aromatic nitrogens is 6. The predicted octanol–water partition coefficient (Wildman–Crippen LogP) is 4.27. The molecule has 10 heteroatoms. The lowest BCUT2D eigenvalue weighted by molar-refractivity contribution is 0.0409. The Labute approximate surface area is 205 Å². The first-order valence-corrected chi connectivity index (χ1v) is 12.2. The van der Waals surface area contributed by atoms with Crippen molar-refractivity contribution in [1.29, 1.82) is 0 Å². The van der Waals surface area contributed by atoms with Gasteiger partial charge in [-0.3, -0.25) is 0 Å². The van der Waals surface area contributed by atoms with Crippen molar-refractivity contribution in [2.45, 2.75) is 19.3 Å². The normalized spacial score (nSPS) is 13.8. The molecule has 35 heavy (non-hydrogen) atoms. The molecular weight excluding hydrogens is 462 g/mol. The number of hydrogen-bond acceptors (Lipinski definition) is 9. The number of benzene rings is 2. The number of hydrogen-bond donors (Lipinski definition) is 0. The van der Waals surface area contributed by atoms with E-state index in [1.165, 1.54) is 30.6 Å². The molecule has 1 saturated heterocycles. The molecule has 3 aromatic heterocycles. The van der Waals surface area contributed by atoms with Gasteiger partial charge in [0.1, 0.15) is 26.9 Å². The van der Waals surface area contributed by atoms with E-state index in [0.717, 1.165) is 44.9 Å². The zero-order chi connectivity index (χ0) is 23.6. The van der Waals surface area contributed by atoms with Crippen molar-refractivity contribution in [3.63, 3.8) is 0 Å². The van der Waals surface area contributed by atoms with Crippen molar-refractivity contribution in [3.05, 3.63) is 72.4 Å². The molecule has 0 radical (unpaired) electrons. The van der Waals surface area contributed by atoms with Crippen LogP contribution in [0.3, 0.4) is 0 Å². The summed E-state index contributed by atoms with van der Waals surface area (Å²) in [5.74, 6) is 0.490. The van der Waals surface area contributed by atoms with Crippen molar-refractivity contribution in [2.24, 2.45) is 0 Å². The summed E-state index contributed by atoms with van der Waals surface area (Å²) in [6, 6.07) is 18.4. The maximum Gasteiger partial charge on any atom is 0.365 e. The Balaban J connectivity index is 1.15. The Kier molecular flexibility index (Phi) is 5.63. The van der Waals surface area contributed by atoms with Crippen LogP contribution in [-0.2, 0) is 0 Å². The maximum atomic E-state index is 12.6. The van der Waals surface area contributed by atoms with Crippen LogP contribution in [0.4, 0.5) is 5.82 Å². The first-order chi connectivity index (χ1) is 17.2. The molecule has 5 aromatic rings. The maximum absolute atomic E-state index is 12.6. The molecule has 0 amide bonds. The van der Waals surface area contributed by atoms with Crippen molar-refractivity contribution in [1.82, 2.24) is 30.3 Å². The van der Waals surface area contributed by atoms with Crippen LogP contribution in [0.15, 0.2) is 66.9 Å². The van der Waals surface area contributed by atoms with E-state index in [9.17, 15) is 4.79 Å². The zero-order valence-electron chi connectivity index (χ0n) is 18.7. The van der Waals surface area contributed by atoms with E-state index in [2.05, 4.69) is 36.5 Å². The summed E-state index contributed by atoms with van der Waals surface area (Å²) in [5.41, 5.74) is 3.48. The molecule has 0 atom stereocenters. The van der Waals surface area contributed by atoms with Crippen molar-refractivity contribution < 1.29 is 9.63 Å². The van der Waals surface area contributed by atoms with Crippen LogP contribution in [0, 0.1) is 0 Å². The third kappa shape index (κ3) is 4.35. The topological polar surface area (TPSA) is 98.9 Å². The van der Waals surface area contributed by atoms with Gasteiger partial charge < -0.3 is 9.74 Å². The van der Waals surface area contributed by atoms with Gasteiger partial charge in [0.05, 0.1) is 5.56 Å². The predicted molar refractivity (Wildman–Crippen MR) is 133 cm³/mol. The first-order valence-electron chi connectivity index (χ1n) is 11.4. The first kappa shape index (κ1) is 21.4. The Morgan fingerprint density at radius 1 is 0.829 bits per heavy atom. The fourth-order valence-corrected chi connectivity index (χ4v) is 4.91. The molecule has 1 fully saturated rings. The number of fused-ring (bicyclic) bond motifs is 1. The number of piperidine rings is 1. The van der Waals surface area contributed by atoms with Crippen molar-refractivity contribution in [2.75, 3.05) is 18.0 Å². The largest absolute Gasteiger partial charge is 0.365 e. The molecule has 1 aliphatic heterocycles. The molecule has 0 bridgehead atoms. The van der Waals surface area contributed by atoms with Gasteiger partial charge in [0.15, 0.2) is 0 Å². The molecule has 1 aliphatic rings. The van der Waals surface area contributed by atoms with Gasteiger partial charge in [-0.15, -0.1) is 15.3 Å². The third-order valence-corrected chi connectivity index (χ3v) is 6.98. The molecular formula is C25H21N7O2S. The molecule has 9 nitrogen and oxygen atoms in total. The molecule has 0 N–H and O–H groups in total. The number of rotatable bonds is 5. The second kappa shape index (κ2) is 9.22. The summed E-state index contributed by atoms with van der Waals surface area (Å²) in [6.45, 7) is 2.13. The Morgan fingerprint density at radius 3 is 2.34 bits per heavy atom. The molecule has 0 saturated carbocycles. The highest BCUT2D eigenvalue weighted by molar-refractivity contribution is 7.17. The molecule has 0 unspecified atom stereocenters. The molecule has 0 aliphatic carbocycles. The van der Waals surface area contributed by atoms with Gasteiger partial charge in [-0.1, -0.05) is 40.4 Å². The van der Waals surface area contributed by atoms with Crippen molar-refractivity contribution >= 4 is 34.2 Å². The number of para-hydroxylation sites is 1. The Hall–Kier alpha value is -4.18. The number of carbonyl (C=O) groups excluding carboxylic acids is 1. The highest BCUT2D eigenvalue weighted by Crippen LogP contribution is 2.30. The van der Waals surface area contributed by atoms with Crippen LogP contribution in [-0.4, -0.2) is 49.4 Å². The fraction of sp³-hybridized carbons (Fsp3) is 0.200. The van der Waals surface area contributed by atoms with E-state index in [4.69, 9.17) is 4.84 Å². The van der Waals surface area contributed by atoms with E-state index in [0.29, 0.717) is 16.6 Å². The average molecular weight is 484 g/mol. The lowest BCUT2D eigenvalue weighted by Crippen LogP contribution is -2.29. The summed E-state index contributed by atoms with van der Waals surface area (Å²) < 4.78 is 0. The van der Waals surface area contributed by atoms with E-state index in [1.54, 1.807) is 24.3 Å². The van der Waals surface area contributed by atoms with Crippen LogP contribution in [0.1, 0.15) is 29.6 Å². The molecule has 6 rings (SSSR count). The number of pyridine rings is 1. The monoisotopic (exact) mass is 483 g/mol. The molecule has 0 spiro atoms. The smallest absolute Gasteiger partial charge is 0.357 e. The minimum atomic E-state index is -0.523. The summed E-state index contributed by atoms with van der Waals surface area (Å²) >= 11 is 1.49. The van der Waals surface area contributed by atoms with Crippen LogP contribution in [0.2, 0.25) is 0 Å². The second-order valence-corrected chi connectivity index (χ2v) is 9.25. The van der Waals surface area contributed by atoms with Crippen LogP contribution < -0.4 is 9.74 Å². The van der Waals surface area contributed by atoms with E-state index in [-0.39, 0.29) is 0 Å². The third-order valence-electron chi connectivity index (χ3n) is 5.96. The van der Waals surface area contributed by atoms with Crippen LogP contribution in [0.25, 0.3) is 32.2 Å². The second-order valence-electron chi connectivity index (χ2n) is 8.27. The number of carbonyl (C=O) groups is 1. The van der Waals surface area contributed by atoms with E-state index < -0.39 is 5.97 Å². The summed E-state index contributed by atoms with van der Waals surface area (Å²) in [5, 5.41) is 18.1. The molecule has 2 aromatic carbocycles. The minimum absolute atomic E-state index is 0.399. The van der Waals surface area contributed by atoms with Gasteiger partial charge in [0.2, 0.25) is 0 Å².